The summed E-state index contributed by atoms with van der Waals surface area (Å²) in [7, 11) is -2.23. The molecule has 0 aliphatic carbocycles. The van der Waals surface area contributed by atoms with Gasteiger partial charge in [-0.05, 0) is 24.4 Å². The minimum absolute atomic E-state index is 0.0163. The number of fused-ring (bicyclic) bond motifs is 3. The molecule has 2 N–H and O–H groups in total. The third-order valence-corrected chi connectivity index (χ3v) is 6.63. The zero-order valence-electron chi connectivity index (χ0n) is 14.3. The molecule has 3 saturated heterocycles. The summed E-state index contributed by atoms with van der Waals surface area (Å²) in [5.74, 6) is -0.403. The number of thiocarbonyl (C=S) groups is 1. The fraction of sp³-hybridized carbons (Fsp3) is 0.562. The minimum Gasteiger partial charge on any atom is -0.457 e. The summed E-state index contributed by atoms with van der Waals surface area (Å²) in [4.78, 5) is 0.166. The molecule has 3 aliphatic heterocycles. The van der Waals surface area contributed by atoms with Crippen molar-refractivity contribution in [1.82, 2.24) is 5.32 Å². The monoisotopic (exact) mass is 417 g/mol. The second-order valence-corrected chi connectivity index (χ2v) is 8.87. The topological polar surface area (TPSA) is 113 Å². The third kappa shape index (κ3) is 3.33. The predicted molar refractivity (Wildman–Crippen MR) is 94.3 cm³/mol. The Hall–Kier alpha value is -1.34. The van der Waals surface area contributed by atoms with Crippen LogP contribution in [0.25, 0.3) is 0 Å². The van der Waals surface area contributed by atoms with Crippen LogP contribution in [0.15, 0.2) is 35.2 Å². The molecule has 3 fully saturated rings. The third-order valence-electron chi connectivity index (χ3n) is 4.73. The highest BCUT2D eigenvalue weighted by molar-refractivity contribution is 7.91. The molecule has 6 atom stereocenters. The molecule has 0 aromatic heterocycles. The number of hydrogen-bond acceptors (Lipinski definition) is 9. The molecular weight excluding hydrogens is 398 g/mol. The van der Waals surface area contributed by atoms with Crippen LogP contribution in [-0.2, 0) is 33.5 Å². The number of methoxy groups -OCH3 is 1. The van der Waals surface area contributed by atoms with Crippen LogP contribution in [0.1, 0.15) is 0 Å². The fourth-order valence-electron chi connectivity index (χ4n) is 3.46. The van der Waals surface area contributed by atoms with Gasteiger partial charge >= 0.3 is 0 Å². The zero-order chi connectivity index (χ0) is 19.2. The highest BCUT2D eigenvalue weighted by Gasteiger charge is 2.64. The van der Waals surface area contributed by atoms with Gasteiger partial charge in [-0.15, -0.1) is 0 Å². The highest BCUT2D eigenvalue weighted by atomic mass is 32.2. The van der Waals surface area contributed by atoms with Crippen molar-refractivity contribution in [3.63, 3.8) is 0 Å². The first kappa shape index (κ1) is 19.0. The van der Waals surface area contributed by atoms with Gasteiger partial charge < -0.3 is 34.1 Å². The molecule has 4 rings (SSSR count). The quantitative estimate of drug-likeness (QED) is 0.624. The Morgan fingerprint density at radius 3 is 2.74 bits per heavy atom. The lowest BCUT2D eigenvalue weighted by Crippen LogP contribution is -2.72. The van der Waals surface area contributed by atoms with Crippen molar-refractivity contribution in [2.24, 2.45) is 0 Å². The van der Waals surface area contributed by atoms with Crippen LogP contribution < -0.4 is 5.32 Å². The summed E-state index contributed by atoms with van der Waals surface area (Å²) in [6, 6.07) is 8.01. The highest BCUT2D eigenvalue weighted by Crippen LogP contribution is 2.39. The van der Waals surface area contributed by atoms with Crippen LogP contribution in [0.3, 0.4) is 0 Å². The van der Waals surface area contributed by atoms with Gasteiger partial charge in [-0.3, -0.25) is 0 Å². The second-order valence-electron chi connectivity index (χ2n) is 6.47. The number of nitrogens with one attached hydrogen (secondary N) is 1. The summed E-state index contributed by atoms with van der Waals surface area (Å²) in [6.45, 7) is 0.0168. The van der Waals surface area contributed by atoms with Crippen molar-refractivity contribution in [2.45, 2.75) is 41.5 Å². The van der Waals surface area contributed by atoms with Crippen molar-refractivity contribution in [3.8, 4) is 0 Å². The Morgan fingerprint density at radius 1 is 1.30 bits per heavy atom. The van der Waals surface area contributed by atoms with E-state index in [0.717, 1.165) is 0 Å². The molecule has 3 heterocycles. The van der Waals surface area contributed by atoms with Crippen molar-refractivity contribution >= 4 is 27.2 Å². The van der Waals surface area contributed by atoms with Crippen LogP contribution in [0.5, 0.6) is 0 Å². The van der Waals surface area contributed by atoms with Gasteiger partial charge in [0.25, 0.3) is 5.17 Å². The van der Waals surface area contributed by atoms with Crippen LogP contribution in [0.2, 0.25) is 0 Å². The SMILES string of the molecule is CO[C@@H]1O[C@@H]2COC(CS(=O)(=O)c3ccccc3)O[C@H]2[C@@]2(O)NC(=S)O[C@@H]12. The van der Waals surface area contributed by atoms with E-state index in [4.69, 9.17) is 35.9 Å². The number of sulfone groups is 1. The largest absolute Gasteiger partial charge is 0.457 e. The molecule has 1 aromatic carbocycles. The summed E-state index contributed by atoms with van der Waals surface area (Å²) in [5.41, 5.74) is -1.72. The van der Waals surface area contributed by atoms with E-state index in [1.54, 1.807) is 18.2 Å². The van der Waals surface area contributed by atoms with Gasteiger partial charge in [0.05, 0.1) is 11.5 Å². The van der Waals surface area contributed by atoms with Crippen molar-refractivity contribution in [2.75, 3.05) is 19.5 Å². The van der Waals surface area contributed by atoms with Crippen LogP contribution in [0.4, 0.5) is 0 Å². The van der Waals surface area contributed by atoms with Crippen LogP contribution in [-0.4, -0.2) is 74.8 Å². The van der Waals surface area contributed by atoms with Crippen molar-refractivity contribution < 1.29 is 37.2 Å². The number of benzene rings is 1. The smallest absolute Gasteiger partial charge is 0.259 e. The predicted octanol–water partition coefficient (Wildman–Crippen LogP) is -0.465. The summed E-state index contributed by atoms with van der Waals surface area (Å²) < 4.78 is 52.8. The number of ether oxygens (including phenoxy) is 5. The number of aliphatic hydroxyl groups is 1. The molecular formula is C16H19NO8S2. The van der Waals surface area contributed by atoms with E-state index in [2.05, 4.69) is 5.32 Å². The fourth-order valence-corrected chi connectivity index (χ4v) is 5.02. The summed E-state index contributed by atoms with van der Waals surface area (Å²) in [5, 5.41) is 13.8. The van der Waals surface area contributed by atoms with E-state index in [0.29, 0.717) is 0 Å². The normalized spacial score (nSPS) is 38.4. The Kier molecular flexibility index (Phi) is 4.87. The van der Waals surface area contributed by atoms with Gasteiger partial charge in [0.2, 0.25) is 11.8 Å². The van der Waals surface area contributed by atoms with E-state index in [-0.39, 0.29) is 16.7 Å². The molecule has 0 amide bonds. The molecule has 3 aliphatic rings. The molecule has 0 saturated carbocycles. The average molecular weight is 417 g/mol. The first-order valence-corrected chi connectivity index (χ1v) is 10.3. The van der Waals surface area contributed by atoms with Gasteiger partial charge in [0, 0.05) is 7.11 Å². The molecule has 1 aromatic rings. The van der Waals surface area contributed by atoms with Crippen molar-refractivity contribution in [3.05, 3.63) is 30.3 Å². The lowest BCUT2D eigenvalue weighted by Gasteiger charge is -2.49. The maximum atomic E-state index is 12.6. The van der Waals surface area contributed by atoms with E-state index < -0.39 is 52.2 Å². The Morgan fingerprint density at radius 2 is 2.04 bits per heavy atom. The summed E-state index contributed by atoms with van der Waals surface area (Å²) >= 11 is 4.99. The lowest BCUT2D eigenvalue weighted by atomic mass is 9.92. The van der Waals surface area contributed by atoms with Gasteiger partial charge in [-0.2, -0.15) is 0 Å². The molecule has 27 heavy (non-hydrogen) atoms. The van der Waals surface area contributed by atoms with E-state index in [1.807, 2.05) is 0 Å². The standard InChI is InChI=1S/C16H19NO8S2/c1-21-14-13-16(18,17-15(26)25-13)12-10(23-14)7-22-11(24-12)8-27(19,20)9-5-3-2-4-6-9/h2-6,10-14,18H,7-8H2,1H3,(H,17,26)/t10-,11?,12-,13+,14-,16+/m1/s1. The van der Waals surface area contributed by atoms with Gasteiger partial charge in [0.1, 0.15) is 18.0 Å². The lowest BCUT2D eigenvalue weighted by molar-refractivity contribution is -0.370. The molecule has 0 spiro atoms. The number of rotatable bonds is 4. The minimum atomic E-state index is -3.64. The van der Waals surface area contributed by atoms with Gasteiger partial charge in [0.15, 0.2) is 22.4 Å². The van der Waals surface area contributed by atoms with Gasteiger partial charge in [-0.25, -0.2) is 8.42 Å². The Bertz CT molecular complexity index is 819. The van der Waals surface area contributed by atoms with E-state index in [1.165, 1.54) is 19.2 Å². The summed E-state index contributed by atoms with van der Waals surface area (Å²) in [6.07, 6.45) is -4.58. The van der Waals surface area contributed by atoms with E-state index >= 15 is 0 Å². The Labute approximate surface area is 161 Å². The number of hydrogen-bond donors (Lipinski definition) is 2. The molecule has 1 unspecified atom stereocenters. The van der Waals surface area contributed by atoms with E-state index in [9.17, 15) is 13.5 Å². The molecule has 0 bridgehead atoms. The molecule has 148 valence electrons. The maximum Gasteiger partial charge on any atom is 0.259 e. The average Bonchev–Trinajstić information content (AvgIpc) is 2.97. The molecule has 11 heteroatoms. The molecule has 9 nitrogen and oxygen atoms in total. The van der Waals surface area contributed by atoms with Gasteiger partial charge in [-0.1, -0.05) is 18.2 Å². The molecule has 0 radical (unpaired) electrons. The van der Waals surface area contributed by atoms with Crippen LogP contribution >= 0.6 is 12.2 Å². The zero-order valence-corrected chi connectivity index (χ0v) is 15.9. The Balaban J connectivity index is 1.54. The van der Waals surface area contributed by atoms with Crippen molar-refractivity contribution in [1.29, 1.82) is 0 Å². The maximum absolute atomic E-state index is 12.6. The first-order valence-electron chi connectivity index (χ1n) is 8.28. The first-order chi connectivity index (χ1) is 12.8. The second kappa shape index (κ2) is 6.92. The van der Waals surface area contributed by atoms with Crippen LogP contribution in [0, 0.1) is 0 Å².